The fourth-order valence-corrected chi connectivity index (χ4v) is 5.02. The van der Waals surface area contributed by atoms with Crippen LogP contribution in [0.25, 0.3) is 11.5 Å². The Bertz CT molecular complexity index is 1120. The predicted molar refractivity (Wildman–Crippen MR) is 108 cm³/mol. The summed E-state index contributed by atoms with van der Waals surface area (Å²) in [6, 6.07) is 15.3. The maximum Gasteiger partial charge on any atom is 0.340 e. The van der Waals surface area contributed by atoms with Gasteiger partial charge in [0.05, 0.1) is 10.5 Å². The molecule has 3 aromatic rings. The lowest BCUT2D eigenvalue weighted by atomic mass is 10.2. The van der Waals surface area contributed by atoms with Crippen molar-refractivity contribution >= 4 is 16.0 Å². The average Bonchev–Trinajstić information content (AvgIpc) is 3.28. The Balaban J connectivity index is 1.49. The van der Waals surface area contributed by atoms with Crippen LogP contribution >= 0.6 is 0 Å². The largest absolute Gasteiger partial charge is 0.452 e. The SMILES string of the molecule is O=C(OCc1nnc(-c2ccccc2)o1)c1ccccc1S(=O)(=O)N1CCCCC1. The van der Waals surface area contributed by atoms with Gasteiger partial charge in [-0.1, -0.05) is 36.8 Å². The maximum absolute atomic E-state index is 13.0. The Kier molecular flexibility index (Phi) is 5.91. The number of benzene rings is 2. The summed E-state index contributed by atoms with van der Waals surface area (Å²) in [7, 11) is -3.77. The summed E-state index contributed by atoms with van der Waals surface area (Å²) >= 11 is 0. The minimum atomic E-state index is -3.77. The first-order chi connectivity index (χ1) is 14.6. The first-order valence-electron chi connectivity index (χ1n) is 9.70. The first-order valence-corrected chi connectivity index (χ1v) is 11.1. The molecule has 0 amide bonds. The van der Waals surface area contributed by atoms with E-state index in [1.54, 1.807) is 12.1 Å². The molecule has 0 bridgehead atoms. The Hall–Kier alpha value is -3.04. The lowest BCUT2D eigenvalue weighted by Crippen LogP contribution is -2.36. The van der Waals surface area contributed by atoms with Crippen molar-refractivity contribution in [2.24, 2.45) is 0 Å². The first kappa shape index (κ1) is 20.2. The van der Waals surface area contributed by atoms with Crippen molar-refractivity contribution in [1.82, 2.24) is 14.5 Å². The second-order valence-electron chi connectivity index (χ2n) is 6.90. The summed E-state index contributed by atoms with van der Waals surface area (Å²) in [4.78, 5) is 12.6. The molecular weight excluding hydrogens is 406 g/mol. The molecule has 4 rings (SSSR count). The Morgan fingerprint density at radius 3 is 2.43 bits per heavy atom. The van der Waals surface area contributed by atoms with Gasteiger partial charge in [-0.05, 0) is 37.1 Å². The third-order valence-electron chi connectivity index (χ3n) is 4.85. The van der Waals surface area contributed by atoms with Crippen molar-refractivity contribution in [3.63, 3.8) is 0 Å². The maximum atomic E-state index is 13.0. The highest BCUT2D eigenvalue weighted by molar-refractivity contribution is 7.89. The molecule has 1 aliphatic rings. The van der Waals surface area contributed by atoms with Crippen LogP contribution in [-0.4, -0.2) is 42.0 Å². The standard InChI is InChI=1S/C21H21N3O5S/c25-21(28-15-19-22-23-20(29-19)16-9-3-1-4-10-16)17-11-5-6-12-18(17)30(26,27)24-13-7-2-8-14-24/h1,3-6,9-12H,2,7-8,13-15H2. The van der Waals surface area contributed by atoms with Crippen LogP contribution in [-0.2, 0) is 21.4 Å². The highest BCUT2D eigenvalue weighted by Gasteiger charge is 2.30. The number of carbonyl (C=O) groups is 1. The number of carbonyl (C=O) groups excluding carboxylic acids is 1. The number of sulfonamides is 1. The zero-order chi connectivity index (χ0) is 21.0. The summed E-state index contributed by atoms with van der Waals surface area (Å²) in [5.74, 6) is -0.320. The molecule has 2 aromatic carbocycles. The number of ether oxygens (including phenoxy) is 1. The molecule has 30 heavy (non-hydrogen) atoms. The zero-order valence-corrected chi connectivity index (χ0v) is 17.0. The normalized spacial score (nSPS) is 15.1. The summed E-state index contributed by atoms with van der Waals surface area (Å²) in [5, 5.41) is 7.83. The lowest BCUT2D eigenvalue weighted by Gasteiger charge is -2.26. The Morgan fingerprint density at radius 2 is 1.67 bits per heavy atom. The van der Waals surface area contributed by atoms with Gasteiger partial charge in [0.1, 0.15) is 0 Å². The van der Waals surface area contributed by atoms with Gasteiger partial charge in [-0.2, -0.15) is 4.31 Å². The number of nitrogens with zero attached hydrogens (tertiary/aromatic N) is 3. The topological polar surface area (TPSA) is 103 Å². The monoisotopic (exact) mass is 427 g/mol. The third-order valence-corrected chi connectivity index (χ3v) is 6.81. The second-order valence-corrected chi connectivity index (χ2v) is 8.81. The number of hydrogen-bond donors (Lipinski definition) is 0. The highest BCUT2D eigenvalue weighted by atomic mass is 32.2. The molecule has 0 atom stereocenters. The second kappa shape index (κ2) is 8.76. The molecule has 0 saturated carbocycles. The third kappa shape index (κ3) is 4.27. The number of rotatable bonds is 6. The number of esters is 1. The smallest absolute Gasteiger partial charge is 0.340 e. The molecule has 8 nitrogen and oxygen atoms in total. The molecule has 0 spiro atoms. The van der Waals surface area contributed by atoms with Crippen molar-refractivity contribution in [3.8, 4) is 11.5 Å². The van der Waals surface area contributed by atoms with Gasteiger partial charge in [0.2, 0.25) is 15.9 Å². The minimum Gasteiger partial charge on any atom is -0.452 e. The van der Waals surface area contributed by atoms with Gasteiger partial charge in [0.25, 0.3) is 5.89 Å². The quantitative estimate of drug-likeness (QED) is 0.556. The van der Waals surface area contributed by atoms with Gasteiger partial charge >= 0.3 is 5.97 Å². The van der Waals surface area contributed by atoms with Gasteiger partial charge in [-0.3, -0.25) is 0 Å². The van der Waals surface area contributed by atoms with E-state index in [1.165, 1.54) is 16.4 Å². The van der Waals surface area contributed by atoms with Crippen LogP contribution in [0.3, 0.4) is 0 Å². The van der Waals surface area contributed by atoms with E-state index in [2.05, 4.69) is 10.2 Å². The van der Waals surface area contributed by atoms with Crippen LogP contribution in [0.4, 0.5) is 0 Å². The van der Waals surface area contributed by atoms with E-state index in [9.17, 15) is 13.2 Å². The molecule has 0 radical (unpaired) electrons. The van der Waals surface area contributed by atoms with E-state index in [0.717, 1.165) is 24.8 Å². The van der Waals surface area contributed by atoms with Crippen LogP contribution < -0.4 is 0 Å². The molecular formula is C21H21N3O5S. The average molecular weight is 427 g/mol. The summed E-state index contributed by atoms with van der Waals surface area (Å²) in [6.45, 7) is 0.655. The van der Waals surface area contributed by atoms with Gasteiger partial charge < -0.3 is 9.15 Å². The van der Waals surface area contributed by atoms with Crippen molar-refractivity contribution in [3.05, 3.63) is 66.1 Å². The van der Waals surface area contributed by atoms with Crippen LogP contribution in [0.2, 0.25) is 0 Å². The highest BCUT2D eigenvalue weighted by Crippen LogP contribution is 2.24. The van der Waals surface area contributed by atoms with Crippen molar-refractivity contribution in [2.45, 2.75) is 30.8 Å². The Labute approximate surface area is 174 Å². The van der Waals surface area contributed by atoms with E-state index in [4.69, 9.17) is 9.15 Å². The molecule has 1 saturated heterocycles. The number of piperidine rings is 1. The van der Waals surface area contributed by atoms with E-state index < -0.39 is 16.0 Å². The van der Waals surface area contributed by atoms with E-state index >= 15 is 0 Å². The van der Waals surface area contributed by atoms with Crippen LogP contribution in [0.5, 0.6) is 0 Å². The lowest BCUT2D eigenvalue weighted by molar-refractivity contribution is 0.0434. The van der Waals surface area contributed by atoms with Crippen molar-refractivity contribution < 1.29 is 22.4 Å². The molecule has 9 heteroatoms. The van der Waals surface area contributed by atoms with Gasteiger partial charge in [0, 0.05) is 18.7 Å². The number of hydrogen-bond acceptors (Lipinski definition) is 7. The molecule has 156 valence electrons. The fraction of sp³-hybridized carbons (Fsp3) is 0.286. The summed E-state index contributed by atoms with van der Waals surface area (Å²) < 4.78 is 38.3. The minimum absolute atomic E-state index is 0.00845. The molecule has 1 aromatic heterocycles. The molecule has 0 aliphatic carbocycles. The summed E-state index contributed by atoms with van der Waals surface area (Å²) in [6.07, 6.45) is 2.63. The zero-order valence-electron chi connectivity index (χ0n) is 16.2. The molecule has 0 N–H and O–H groups in total. The van der Waals surface area contributed by atoms with Crippen LogP contribution in [0.1, 0.15) is 35.5 Å². The van der Waals surface area contributed by atoms with E-state index in [1.807, 2.05) is 30.3 Å². The molecule has 1 fully saturated rings. The fourth-order valence-electron chi connectivity index (χ4n) is 3.32. The van der Waals surface area contributed by atoms with Crippen molar-refractivity contribution in [1.29, 1.82) is 0 Å². The van der Waals surface area contributed by atoms with Gasteiger partial charge in [-0.25, -0.2) is 13.2 Å². The molecule has 0 unspecified atom stereocenters. The van der Waals surface area contributed by atoms with Crippen molar-refractivity contribution in [2.75, 3.05) is 13.1 Å². The van der Waals surface area contributed by atoms with Gasteiger partial charge in [-0.15, -0.1) is 10.2 Å². The Morgan fingerprint density at radius 1 is 0.967 bits per heavy atom. The van der Waals surface area contributed by atoms with E-state index in [-0.39, 0.29) is 23.0 Å². The van der Waals surface area contributed by atoms with E-state index in [0.29, 0.717) is 19.0 Å². The number of aromatic nitrogens is 2. The van der Waals surface area contributed by atoms with Crippen LogP contribution in [0.15, 0.2) is 63.9 Å². The van der Waals surface area contributed by atoms with Crippen LogP contribution in [0, 0.1) is 0 Å². The predicted octanol–water partition coefficient (Wildman–Crippen LogP) is 3.27. The summed E-state index contributed by atoms with van der Waals surface area (Å²) in [5.41, 5.74) is 0.742. The molecule has 2 heterocycles. The van der Waals surface area contributed by atoms with Gasteiger partial charge in [0.15, 0.2) is 6.61 Å². The molecule has 1 aliphatic heterocycles.